The van der Waals surface area contributed by atoms with Crippen LogP contribution in [0.15, 0.2) is 47.2 Å². The van der Waals surface area contributed by atoms with Gasteiger partial charge in [-0.2, -0.15) is 11.3 Å². The predicted molar refractivity (Wildman–Crippen MR) is 80.2 cm³/mol. The molecule has 1 aromatic carbocycles. The van der Waals surface area contributed by atoms with Gasteiger partial charge in [-0.15, -0.1) is 0 Å². The molecule has 0 saturated carbocycles. The standard InChI is InChI=1S/C16H21NS/c1-13(15-6-4-3-5-7-15)8-10-17-14(2)16-9-11-18-12-16/h3-7,9,11-14,17H,8,10H2,1-2H3. The maximum atomic E-state index is 3.59. The fraction of sp³-hybridized carbons (Fsp3) is 0.375. The molecule has 2 atom stereocenters. The Morgan fingerprint density at radius 3 is 2.50 bits per heavy atom. The lowest BCUT2D eigenvalue weighted by Crippen LogP contribution is -2.20. The van der Waals surface area contributed by atoms with Crippen LogP contribution >= 0.6 is 11.3 Å². The monoisotopic (exact) mass is 259 g/mol. The van der Waals surface area contributed by atoms with Gasteiger partial charge in [0.25, 0.3) is 0 Å². The number of nitrogens with one attached hydrogen (secondary N) is 1. The van der Waals surface area contributed by atoms with Crippen molar-refractivity contribution in [3.05, 3.63) is 58.3 Å². The Hall–Kier alpha value is -1.12. The van der Waals surface area contributed by atoms with Crippen LogP contribution in [0.4, 0.5) is 0 Å². The fourth-order valence-electron chi connectivity index (χ4n) is 2.10. The van der Waals surface area contributed by atoms with E-state index >= 15 is 0 Å². The van der Waals surface area contributed by atoms with E-state index in [-0.39, 0.29) is 0 Å². The second-order valence-electron chi connectivity index (χ2n) is 4.83. The minimum absolute atomic E-state index is 0.458. The summed E-state index contributed by atoms with van der Waals surface area (Å²) in [6, 6.07) is 13.4. The molecule has 2 rings (SSSR count). The maximum Gasteiger partial charge on any atom is 0.0300 e. The van der Waals surface area contributed by atoms with Crippen LogP contribution in [0.2, 0.25) is 0 Å². The van der Waals surface area contributed by atoms with Gasteiger partial charge in [-0.1, -0.05) is 37.3 Å². The number of benzene rings is 1. The molecular weight excluding hydrogens is 238 g/mol. The second kappa shape index (κ2) is 6.72. The van der Waals surface area contributed by atoms with E-state index in [2.05, 4.69) is 66.3 Å². The lowest BCUT2D eigenvalue weighted by molar-refractivity contribution is 0.532. The van der Waals surface area contributed by atoms with Crippen LogP contribution in [0.3, 0.4) is 0 Å². The van der Waals surface area contributed by atoms with Crippen LogP contribution in [0, 0.1) is 0 Å². The first-order valence-electron chi connectivity index (χ1n) is 6.58. The molecule has 18 heavy (non-hydrogen) atoms. The van der Waals surface area contributed by atoms with E-state index < -0.39 is 0 Å². The summed E-state index contributed by atoms with van der Waals surface area (Å²) in [6.45, 7) is 5.59. The molecule has 1 aromatic heterocycles. The molecule has 2 heteroatoms. The smallest absolute Gasteiger partial charge is 0.0300 e. The zero-order valence-electron chi connectivity index (χ0n) is 11.1. The van der Waals surface area contributed by atoms with Crippen molar-refractivity contribution in [2.24, 2.45) is 0 Å². The average Bonchev–Trinajstić information content (AvgIpc) is 2.93. The van der Waals surface area contributed by atoms with Crippen molar-refractivity contribution >= 4 is 11.3 Å². The highest BCUT2D eigenvalue weighted by molar-refractivity contribution is 7.07. The highest BCUT2D eigenvalue weighted by Crippen LogP contribution is 2.19. The molecule has 96 valence electrons. The summed E-state index contributed by atoms with van der Waals surface area (Å²) < 4.78 is 0. The van der Waals surface area contributed by atoms with Crippen LogP contribution in [0.5, 0.6) is 0 Å². The Morgan fingerprint density at radius 2 is 1.83 bits per heavy atom. The minimum atomic E-state index is 0.458. The molecule has 2 aromatic rings. The first kappa shape index (κ1) is 13.3. The third kappa shape index (κ3) is 3.69. The van der Waals surface area contributed by atoms with Gasteiger partial charge < -0.3 is 5.32 Å². The number of hydrogen-bond donors (Lipinski definition) is 1. The second-order valence-corrected chi connectivity index (χ2v) is 5.61. The molecule has 0 aliphatic rings. The molecule has 1 N–H and O–H groups in total. The van der Waals surface area contributed by atoms with Gasteiger partial charge in [0.1, 0.15) is 0 Å². The molecule has 2 unspecified atom stereocenters. The molecular formula is C16H21NS. The van der Waals surface area contributed by atoms with Crippen molar-refractivity contribution in [2.75, 3.05) is 6.54 Å². The quantitative estimate of drug-likeness (QED) is 0.800. The summed E-state index contributed by atoms with van der Waals surface area (Å²) in [5.41, 5.74) is 2.83. The Morgan fingerprint density at radius 1 is 1.06 bits per heavy atom. The van der Waals surface area contributed by atoms with Crippen molar-refractivity contribution in [1.82, 2.24) is 5.32 Å². The van der Waals surface area contributed by atoms with E-state index in [0.29, 0.717) is 12.0 Å². The van der Waals surface area contributed by atoms with Gasteiger partial charge in [-0.05, 0) is 53.8 Å². The summed E-state index contributed by atoms with van der Waals surface area (Å²) in [5.74, 6) is 0.619. The van der Waals surface area contributed by atoms with Gasteiger partial charge in [-0.3, -0.25) is 0 Å². The first-order chi connectivity index (χ1) is 8.77. The molecule has 0 spiro atoms. The van der Waals surface area contributed by atoms with E-state index in [1.54, 1.807) is 11.3 Å². The van der Waals surface area contributed by atoms with Crippen molar-refractivity contribution in [3.63, 3.8) is 0 Å². The summed E-state index contributed by atoms with van der Waals surface area (Å²) in [6.07, 6.45) is 1.18. The topological polar surface area (TPSA) is 12.0 Å². The molecule has 0 bridgehead atoms. The van der Waals surface area contributed by atoms with E-state index in [1.807, 2.05) is 0 Å². The van der Waals surface area contributed by atoms with Crippen LogP contribution in [-0.4, -0.2) is 6.54 Å². The highest BCUT2D eigenvalue weighted by Gasteiger charge is 2.07. The summed E-state index contributed by atoms with van der Waals surface area (Å²) >= 11 is 1.76. The van der Waals surface area contributed by atoms with E-state index in [0.717, 1.165) is 6.54 Å². The van der Waals surface area contributed by atoms with E-state index in [4.69, 9.17) is 0 Å². The van der Waals surface area contributed by atoms with Gasteiger partial charge in [-0.25, -0.2) is 0 Å². The summed E-state index contributed by atoms with van der Waals surface area (Å²) in [5, 5.41) is 7.95. The summed E-state index contributed by atoms with van der Waals surface area (Å²) in [7, 11) is 0. The third-order valence-electron chi connectivity index (χ3n) is 3.44. The molecule has 1 nitrogen and oxygen atoms in total. The van der Waals surface area contributed by atoms with Crippen LogP contribution in [0.25, 0.3) is 0 Å². The molecule has 0 saturated heterocycles. The van der Waals surface area contributed by atoms with Crippen molar-refractivity contribution in [3.8, 4) is 0 Å². The molecule has 0 amide bonds. The summed E-state index contributed by atoms with van der Waals surface area (Å²) in [4.78, 5) is 0. The Labute approximate surface area is 114 Å². The van der Waals surface area contributed by atoms with Gasteiger partial charge in [0.15, 0.2) is 0 Å². The van der Waals surface area contributed by atoms with Crippen LogP contribution < -0.4 is 5.32 Å². The third-order valence-corrected chi connectivity index (χ3v) is 4.14. The van der Waals surface area contributed by atoms with Crippen LogP contribution in [-0.2, 0) is 0 Å². The van der Waals surface area contributed by atoms with Gasteiger partial charge >= 0.3 is 0 Å². The van der Waals surface area contributed by atoms with E-state index in [9.17, 15) is 0 Å². The van der Waals surface area contributed by atoms with E-state index in [1.165, 1.54) is 17.5 Å². The number of thiophene rings is 1. The van der Waals surface area contributed by atoms with Gasteiger partial charge in [0, 0.05) is 6.04 Å². The lowest BCUT2D eigenvalue weighted by atomic mass is 9.98. The normalized spacial score (nSPS) is 14.3. The Balaban J connectivity index is 1.76. The molecule has 0 aliphatic carbocycles. The first-order valence-corrected chi connectivity index (χ1v) is 7.52. The lowest BCUT2D eigenvalue weighted by Gasteiger charge is -2.16. The number of rotatable bonds is 6. The zero-order chi connectivity index (χ0) is 12.8. The molecule has 0 radical (unpaired) electrons. The average molecular weight is 259 g/mol. The zero-order valence-corrected chi connectivity index (χ0v) is 11.9. The maximum absolute atomic E-state index is 3.59. The fourth-order valence-corrected chi connectivity index (χ4v) is 2.86. The van der Waals surface area contributed by atoms with Crippen LogP contribution in [0.1, 0.15) is 43.4 Å². The Kier molecular flexibility index (Phi) is 4.97. The van der Waals surface area contributed by atoms with Crippen molar-refractivity contribution in [1.29, 1.82) is 0 Å². The van der Waals surface area contributed by atoms with Crippen molar-refractivity contribution < 1.29 is 0 Å². The largest absolute Gasteiger partial charge is 0.310 e. The van der Waals surface area contributed by atoms with Gasteiger partial charge in [0.2, 0.25) is 0 Å². The van der Waals surface area contributed by atoms with Crippen molar-refractivity contribution in [2.45, 2.75) is 32.2 Å². The van der Waals surface area contributed by atoms with Gasteiger partial charge in [0.05, 0.1) is 0 Å². The minimum Gasteiger partial charge on any atom is -0.310 e. The molecule has 0 fully saturated rings. The molecule has 1 heterocycles. The highest BCUT2D eigenvalue weighted by atomic mass is 32.1. The number of hydrogen-bond acceptors (Lipinski definition) is 2. The SMILES string of the molecule is CC(CCNC(C)c1ccsc1)c1ccccc1. The molecule has 0 aliphatic heterocycles. The predicted octanol–water partition coefficient (Wildman–Crippen LogP) is 4.59. The Bertz CT molecular complexity index is 435.